The number of rotatable bonds is 9. The number of halogens is 2. The van der Waals surface area contributed by atoms with Crippen LogP contribution in [0.25, 0.3) is 6.08 Å². The molecule has 210 valence electrons. The lowest BCUT2D eigenvalue weighted by Crippen LogP contribution is -2.36. The fraction of sp³-hybridized carbons (Fsp3) is 0.0800. The molecule has 41 heavy (non-hydrogen) atoms. The maximum atomic E-state index is 13.8. The number of nitrogens with zero attached hydrogens (tertiary/aromatic N) is 3. The van der Waals surface area contributed by atoms with Gasteiger partial charge in [-0.3, -0.25) is 39.5 Å². The lowest BCUT2D eigenvalue weighted by Gasteiger charge is -2.13. The highest BCUT2D eigenvalue weighted by atomic mass is 32.2. The lowest BCUT2D eigenvalue weighted by atomic mass is 10.1. The Balaban J connectivity index is 1.51. The molecule has 0 saturated carbocycles. The minimum Gasteiger partial charge on any atom is -0.493 e. The average molecular weight is 586 g/mol. The fourth-order valence-corrected chi connectivity index (χ4v) is 4.38. The monoisotopic (exact) mass is 586 g/mol. The van der Waals surface area contributed by atoms with E-state index >= 15 is 0 Å². The number of nitro groups is 2. The number of hydrogen-bond acceptors (Lipinski definition) is 10. The molecular formula is C25H16F2N4O9S. The van der Waals surface area contributed by atoms with Gasteiger partial charge in [0.05, 0.1) is 33.6 Å². The summed E-state index contributed by atoms with van der Waals surface area (Å²) in [6.45, 7) is -0.719. The van der Waals surface area contributed by atoms with E-state index < -0.39 is 56.5 Å². The van der Waals surface area contributed by atoms with Crippen molar-refractivity contribution in [1.29, 1.82) is 0 Å². The van der Waals surface area contributed by atoms with Crippen molar-refractivity contribution in [2.75, 3.05) is 19.0 Å². The topological polar surface area (TPSA) is 171 Å². The first kappa shape index (κ1) is 28.6. The molecule has 13 nitrogen and oxygen atoms in total. The van der Waals surface area contributed by atoms with Gasteiger partial charge in [-0.2, -0.15) is 0 Å². The van der Waals surface area contributed by atoms with Crippen molar-refractivity contribution in [3.8, 4) is 17.2 Å². The van der Waals surface area contributed by atoms with Gasteiger partial charge in [-0.15, -0.1) is 0 Å². The second kappa shape index (κ2) is 11.8. The lowest BCUT2D eigenvalue weighted by molar-refractivity contribution is -0.394. The number of thioether (sulfide) groups is 1. The number of carbonyl (C=O) groups is 3. The number of carbonyl (C=O) groups excluding carboxylic acids is 3. The van der Waals surface area contributed by atoms with Crippen LogP contribution in [0.3, 0.4) is 0 Å². The SMILES string of the molecule is COc1cc(/C=C2/SC(=O)N(CC(=O)Nc3ccc(F)cc3F)C2=O)ccc1Oc1ccc([N+](=O)[O-])cc1[N+](=O)[O-]. The average Bonchev–Trinajstić information content (AvgIpc) is 3.18. The van der Waals surface area contributed by atoms with Crippen molar-refractivity contribution in [2.45, 2.75) is 0 Å². The number of amides is 3. The molecule has 3 amide bonds. The number of anilines is 1. The summed E-state index contributed by atoms with van der Waals surface area (Å²) in [5.41, 5.74) is -1.12. The predicted molar refractivity (Wildman–Crippen MR) is 140 cm³/mol. The molecule has 0 unspecified atom stereocenters. The molecule has 3 aromatic carbocycles. The molecule has 1 heterocycles. The molecule has 4 rings (SSSR count). The van der Waals surface area contributed by atoms with E-state index in [1.54, 1.807) is 0 Å². The second-order valence-electron chi connectivity index (χ2n) is 8.12. The number of imide groups is 1. The van der Waals surface area contributed by atoms with E-state index in [1.165, 1.54) is 31.4 Å². The van der Waals surface area contributed by atoms with Gasteiger partial charge < -0.3 is 14.8 Å². The summed E-state index contributed by atoms with van der Waals surface area (Å²) in [6.07, 6.45) is 1.34. The first-order valence-corrected chi connectivity index (χ1v) is 12.1. The number of benzene rings is 3. The van der Waals surface area contributed by atoms with Gasteiger partial charge in [0, 0.05) is 12.1 Å². The molecule has 0 atom stereocenters. The third-order valence-electron chi connectivity index (χ3n) is 5.44. The van der Waals surface area contributed by atoms with Crippen molar-refractivity contribution in [2.24, 2.45) is 0 Å². The van der Waals surface area contributed by atoms with Gasteiger partial charge >= 0.3 is 5.69 Å². The smallest absolute Gasteiger partial charge is 0.318 e. The third-order valence-corrected chi connectivity index (χ3v) is 6.34. The maximum Gasteiger partial charge on any atom is 0.318 e. The highest BCUT2D eigenvalue weighted by Crippen LogP contribution is 2.39. The van der Waals surface area contributed by atoms with E-state index in [1.807, 2.05) is 0 Å². The van der Waals surface area contributed by atoms with E-state index in [2.05, 4.69) is 5.32 Å². The second-order valence-corrected chi connectivity index (χ2v) is 9.11. The Kier molecular flexibility index (Phi) is 8.23. The third kappa shape index (κ3) is 6.44. The Labute approximate surface area is 232 Å². The first-order valence-electron chi connectivity index (χ1n) is 11.3. The summed E-state index contributed by atoms with van der Waals surface area (Å²) in [5, 5.41) is 23.8. The van der Waals surface area contributed by atoms with E-state index in [9.17, 15) is 43.4 Å². The summed E-state index contributed by atoms with van der Waals surface area (Å²) in [6, 6.07) is 9.58. The van der Waals surface area contributed by atoms with Crippen LogP contribution in [-0.4, -0.2) is 45.5 Å². The minimum absolute atomic E-state index is 0.0133. The van der Waals surface area contributed by atoms with Crippen molar-refractivity contribution >= 4 is 52.0 Å². The molecule has 1 saturated heterocycles. The fourth-order valence-electron chi connectivity index (χ4n) is 3.54. The van der Waals surface area contributed by atoms with Crippen LogP contribution in [0, 0.1) is 31.9 Å². The summed E-state index contributed by atoms with van der Waals surface area (Å²) in [4.78, 5) is 58.8. The molecule has 1 aliphatic rings. The van der Waals surface area contributed by atoms with Gasteiger partial charge in [0.2, 0.25) is 11.7 Å². The molecule has 0 aliphatic carbocycles. The van der Waals surface area contributed by atoms with E-state index in [4.69, 9.17) is 9.47 Å². The van der Waals surface area contributed by atoms with Gasteiger partial charge in [-0.1, -0.05) is 6.07 Å². The highest BCUT2D eigenvalue weighted by molar-refractivity contribution is 8.18. The van der Waals surface area contributed by atoms with Crippen molar-refractivity contribution in [3.05, 3.63) is 96.9 Å². The van der Waals surface area contributed by atoms with Crippen molar-refractivity contribution in [3.63, 3.8) is 0 Å². The Morgan fingerprint density at radius 1 is 1.00 bits per heavy atom. The highest BCUT2D eigenvalue weighted by Gasteiger charge is 2.36. The number of methoxy groups -OCH3 is 1. The van der Waals surface area contributed by atoms with E-state index in [0.29, 0.717) is 28.3 Å². The Bertz CT molecular complexity index is 1650. The van der Waals surface area contributed by atoms with Crippen LogP contribution in [0.2, 0.25) is 0 Å². The van der Waals surface area contributed by atoms with Crippen LogP contribution < -0.4 is 14.8 Å². The molecule has 0 radical (unpaired) electrons. The number of non-ortho nitro benzene ring substituents is 1. The normalized spacial score (nSPS) is 13.8. The van der Waals surface area contributed by atoms with Crippen LogP contribution in [-0.2, 0) is 9.59 Å². The molecule has 0 spiro atoms. The van der Waals surface area contributed by atoms with Crippen molar-refractivity contribution in [1.82, 2.24) is 4.90 Å². The summed E-state index contributed by atoms with van der Waals surface area (Å²) >= 11 is 0.552. The summed E-state index contributed by atoms with van der Waals surface area (Å²) < 4.78 is 37.7. The van der Waals surface area contributed by atoms with E-state index in [0.717, 1.165) is 30.3 Å². The summed E-state index contributed by atoms with van der Waals surface area (Å²) in [7, 11) is 1.28. The van der Waals surface area contributed by atoms with Crippen LogP contribution in [0.1, 0.15) is 5.56 Å². The minimum atomic E-state index is -1.03. The number of ether oxygens (including phenoxy) is 2. The zero-order valence-corrected chi connectivity index (χ0v) is 21.5. The van der Waals surface area contributed by atoms with Gasteiger partial charge in [0.15, 0.2) is 11.5 Å². The first-order chi connectivity index (χ1) is 19.5. The van der Waals surface area contributed by atoms with Crippen LogP contribution in [0.15, 0.2) is 59.5 Å². The zero-order chi connectivity index (χ0) is 29.8. The Hall–Kier alpha value is -5.38. The molecule has 0 bridgehead atoms. The predicted octanol–water partition coefficient (Wildman–Crippen LogP) is 5.26. The molecule has 1 fully saturated rings. The van der Waals surface area contributed by atoms with Gasteiger partial charge in [0.25, 0.3) is 16.8 Å². The largest absolute Gasteiger partial charge is 0.493 e. The van der Waals surface area contributed by atoms with Crippen molar-refractivity contribution < 1.29 is 42.5 Å². The molecule has 16 heteroatoms. The van der Waals surface area contributed by atoms with Crippen LogP contribution in [0.5, 0.6) is 17.2 Å². The quantitative estimate of drug-likeness (QED) is 0.198. The number of hydrogen-bond donors (Lipinski definition) is 1. The number of nitrogens with one attached hydrogen (secondary N) is 1. The Morgan fingerprint density at radius 2 is 1.73 bits per heavy atom. The summed E-state index contributed by atoms with van der Waals surface area (Å²) in [5.74, 6) is -3.76. The molecule has 1 aliphatic heterocycles. The maximum absolute atomic E-state index is 13.8. The molecule has 0 aromatic heterocycles. The Morgan fingerprint density at radius 3 is 2.39 bits per heavy atom. The molecule has 3 aromatic rings. The number of nitro benzene ring substituents is 2. The van der Waals surface area contributed by atoms with Gasteiger partial charge in [-0.25, -0.2) is 8.78 Å². The van der Waals surface area contributed by atoms with Crippen LogP contribution >= 0.6 is 11.8 Å². The van der Waals surface area contributed by atoms with Crippen LogP contribution in [0.4, 0.5) is 30.6 Å². The van der Waals surface area contributed by atoms with Gasteiger partial charge in [-0.05, 0) is 53.7 Å². The van der Waals surface area contributed by atoms with E-state index in [-0.39, 0.29) is 27.8 Å². The zero-order valence-electron chi connectivity index (χ0n) is 20.7. The standard InChI is InChI=1S/C25H16F2N4O9S/c1-39-21-8-13(2-6-20(21)40-19-7-4-15(30(35)36)11-18(19)31(37)38)9-22-24(33)29(25(34)41-22)12-23(32)28-17-5-3-14(26)10-16(17)27/h2-11H,12H2,1H3,(H,28,32)/b22-9+. The molecule has 1 N–H and O–H groups in total. The molecular weight excluding hydrogens is 570 g/mol. The van der Waals surface area contributed by atoms with Gasteiger partial charge in [0.1, 0.15) is 18.2 Å².